The number of benzene rings is 2. The van der Waals surface area contributed by atoms with Gasteiger partial charge >= 0.3 is 0 Å². The Bertz CT molecular complexity index is 1390. The summed E-state index contributed by atoms with van der Waals surface area (Å²) in [5.74, 6) is -0.477. The fourth-order valence-electron chi connectivity index (χ4n) is 4.98. The molecule has 0 radical (unpaired) electrons. The summed E-state index contributed by atoms with van der Waals surface area (Å²) >= 11 is 0. The SMILES string of the molecule is CC(=O)c1c(C)oc2ccc(N(C(=O)C3CCCCC3)S(=O)(=O)c3cc(C)c(C)cc3C)cc12. The maximum absolute atomic E-state index is 14.1. The molecule has 0 unspecified atom stereocenters. The molecule has 180 valence electrons. The first-order valence-electron chi connectivity index (χ1n) is 11.7. The highest BCUT2D eigenvalue weighted by molar-refractivity contribution is 7.93. The highest BCUT2D eigenvalue weighted by Gasteiger charge is 2.37. The van der Waals surface area contributed by atoms with Gasteiger partial charge in [-0.1, -0.05) is 25.3 Å². The van der Waals surface area contributed by atoms with Gasteiger partial charge in [0.05, 0.1) is 16.1 Å². The van der Waals surface area contributed by atoms with Crippen molar-refractivity contribution in [2.75, 3.05) is 4.31 Å². The van der Waals surface area contributed by atoms with E-state index in [1.165, 1.54) is 6.92 Å². The first-order valence-corrected chi connectivity index (χ1v) is 13.2. The van der Waals surface area contributed by atoms with Crippen molar-refractivity contribution < 1.29 is 22.4 Å². The van der Waals surface area contributed by atoms with Crippen LogP contribution < -0.4 is 4.31 Å². The number of hydrogen-bond donors (Lipinski definition) is 0. The third-order valence-corrected chi connectivity index (χ3v) is 8.77. The molecule has 1 heterocycles. The van der Waals surface area contributed by atoms with Gasteiger partial charge in [-0.05, 0) is 88.4 Å². The van der Waals surface area contributed by atoms with Crippen molar-refractivity contribution in [2.24, 2.45) is 5.92 Å². The Labute approximate surface area is 201 Å². The van der Waals surface area contributed by atoms with Crippen molar-refractivity contribution in [1.82, 2.24) is 0 Å². The number of ketones is 1. The average molecular weight is 482 g/mol. The molecule has 1 aliphatic carbocycles. The van der Waals surface area contributed by atoms with E-state index in [4.69, 9.17) is 4.42 Å². The number of sulfonamides is 1. The number of Topliss-reactive ketones (excluding diaryl/α,β-unsaturated/α-hetero) is 1. The van der Waals surface area contributed by atoms with Crippen LogP contribution in [0.4, 0.5) is 5.69 Å². The number of anilines is 1. The number of fused-ring (bicyclic) bond motifs is 1. The number of amides is 1. The van der Waals surface area contributed by atoms with Gasteiger partial charge in [-0.2, -0.15) is 0 Å². The second-order valence-electron chi connectivity index (χ2n) is 9.41. The van der Waals surface area contributed by atoms with Gasteiger partial charge in [0.1, 0.15) is 11.3 Å². The number of hydrogen-bond acceptors (Lipinski definition) is 5. The van der Waals surface area contributed by atoms with Crippen LogP contribution in [0.2, 0.25) is 0 Å². The fraction of sp³-hybridized carbons (Fsp3) is 0.407. The van der Waals surface area contributed by atoms with Crippen LogP contribution in [-0.2, 0) is 14.8 Å². The molecule has 6 nitrogen and oxygen atoms in total. The van der Waals surface area contributed by atoms with Crippen LogP contribution >= 0.6 is 0 Å². The monoisotopic (exact) mass is 481 g/mol. The van der Waals surface area contributed by atoms with Crippen molar-refractivity contribution in [2.45, 2.75) is 71.6 Å². The molecular formula is C27H31NO5S. The lowest BCUT2D eigenvalue weighted by Crippen LogP contribution is -2.42. The summed E-state index contributed by atoms with van der Waals surface area (Å²) in [7, 11) is -4.20. The molecule has 1 aliphatic rings. The van der Waals surface area contributed by atoms with Crippen LogP contribution in [0.5, 0.6) is 0 Å². The Balaban J connectivity index is 1.94. The van der Waals surface area contributed by atoms with E-state index in [2.05, 4.69) is 0 Å². The second-order valence-corrected chi connectivity index (χ2v) is 11.2. The normalized spacial score (nSPS) is 15.0. The third-order valence-electron chi connectivity index (χ3n) is 6.90. The Morgan fingerprint density at radius 2 is 1.56 bits per heavy atom. The number of rotatable bonds is 5. The standard InChI is InChI=1S/C27H31NO5S/c1-16-13-18(3)25(14-17(16)2)34(31,32)28(27(30)21-9-7-6-8-10-21)22-11-12-24-23(15-22)26(19(4)29)20(5)33-24/h11-15,21H,6-10H2,1-5H3. The summed E-state index contributed by atoms with van der Waals surface area (Å²) in [6.07, 6.45) is 4.20. The molecule has 1 fully saturated rings. The molecule has 1 amide bonds. The van der Waals surface area contributed by atoms with Gasteiger partial charge in [-0.3, -0.25) is 9.59 Å². The quantitative estimate of drug-likeness (QED) is 0.407. The van der Waals surface area contributed by atoms with Gasteiger partial charge in [0.15, 0.2) is 5.78 Å². The minimum absolute atomic E-state index is 0.120. The van der Waals surface area contributed by atoms with Gasteiger partial charge in [0, 0.05) is 11.3 Å². The van der Waals surface area contributed by atoms with Gasteiger partial charge in [0.25, 0.3) is 10.0 Å². The van der Waals surface area contributed by atoms with E-state index in [0.29, 0.717) is 40.7 Å². The predicted octanol–water partition coefficient (Wildman–Crippen LogP) is 6.17. The average Bonchev–Trinajstić information content (AvgIpc) is 3.11. The Kier molecular flexibility index (Phi) is 6.42. The van der Waals surface area contributed by atoms with Crippen LogP contribution in [-0.4, -0.2) is 20.1 Å². The summed E-state index contributed by atoms with van der Waals surface area (Å²) in [6.45, 7) is 8.70. The van der Waals surface area contributed by atoms with E-state index in [9.17, 15) is 18.0 Å². The van der Waals surface area contributed by atoms with Gasteiger partial charge in [0.2, 0.25) is 5.91 Å². The lowest BCUT2D eigenvalue weighted by Gasteiger charge is -2.29. The van der Waals surface area contributed by atoms with Gasteiger partial charge in [-0.15, -0.1) is 0 Å². The lowest BCUT2D eigenvalue weighted by atomic mass is 9.88. The van der Waals surface area contributed by atoms with Crippen LogP contribution in [0.15, 0.2) is 39.6 Å². The summed E-state index contributed by atoms with van der Waals surface area (Å²) in [6, 6.07) is 8.29. The van der Waals surface area contributed by atoms with E-state index in [1.54, 1.807) is 38.1 Å². The minimum Gasteiger partial charge on any atom is -0.461 e. The van der Waals surface area contributed by atoms with Gasteiger partial charge < -0.3 is 4.42 Å². The highest BCUT2D eigenvalue weighted by Crippen LogP contribution is 2.36. The summed E-state index contributed by atoms with van der Waals surface area (Å²) in [5.41, 5.74) is 3.54. The van der Waals surface area contributed by atoms with Crippen molar-refractivity contribution in [3.8, 4) is 0 Å². The molecule has 0 aliphatic heterocycles. The van der Waals surface area contributed by atoms with E-state index >= 15 is 0 Å². The van der Waals surface area contributed by atoms with E-state index in [1.807, 2.05) is 19.9 Å². The first-order chi connectivity index (χ1) is 16.0. The molecule has 0 bridgehead atoms. The van der Waals surface area contributed by atoms with Crippen molar-refractivity contribution in [3.63, 3.8) is 0 Å². The van der Waals surface area contributed by atoms with Crippen molar-refractivity contribution >= 4 is 38.4 Å². The largest absolute Gasteiger partial charge is 0.461 e. The zero-order valence-corrected chi connectivity index (χ0v) is 21.2. The van der Waals surface area contributed by atoms with Crippen LogP contribution in [0.1, 0.15) is 71.8 Å². The molecule has 0 saturated heterocycles. The van der Waals surface area contributed by atoms with Crippen LogP contribution in [0.25, 0.3) is 11.0 Å². The fourth-order valence-corrected chi connectivity index (χ4v) is 6.75. The summed E-state index contributed by atoms with van der Waals surface area (Å²) in [5, 5.41) is 0.510. The third kappa shape index (κ3) is 4.17. The maximum Gasteiger partial charge on any atom is 0.271 e. The summed E-state index contributed by atoms with van der Waals surface area (Å²) in [4.78, 5) is 26.2. The number of carbonyl (C=O) groups excluding carboxylic acids is 2. The topological polar surface area (TPSA) is 84.7 Å². The number of aryl methyl sites for hydroxylation is 4. The van der Waals surface area contributed by atoms with Gasteiger partial charge in [-0.25, -0.2) is 12.7 Å². The summed E-state index contributed by atoms with van der Waals surface area (Å²) < 4.78 is 34.8. The Morgan fingerprint density at radius 3 is 2.21 bits per heavy atom. The minimum atomic E-state index is -4.20. The highest BCUT2D eigenvalue weighted by atomic mass is 32.2. The predicted molar refractivity (Wildman–Crippen MR) is 133 cm³/mol. The molecule has 0 spiro atoms. The second kappa shape index (κ2) is 9.02. The van der Waals surface area contributed by atoms with Crippen LogP contribution in [0, 0.1) is 33.6 Å². The van der Waals surface area contributed by atoms with E-state index in [-0.39, 0.29) is 22.3 Å². The molecule has 4 rings (SSSR count). The molecule has 0 atom stereocenters. The Morgan fingerprint density at radius 1 is 0.912 bits per heavy atom. The zero-order valence-electron chi connectivity index (χ0n) is 20.4. The Hall–Kier alpha value is -2.93. The molecule has 0 N–H and O–H groups in total. The zero-order chi connectivity index (χ0) is 24.8. The number of nitrogens with zero attached hydrogens (tertiary/aromatic N) is 1. The smallest absolute Gasteiger partial charge is 0.271 e. The lowest BCUT2D eigenvalue weighted by molar-refractivity contribution is -0.122. The van der Waals surface area contributed by atoms with Crippen molar-refractivity contribution in [1.29, 1.82) is 0 Å². The molecule has 3 aromatic rings. The molecule has 34 heavy (non-hydrogen) atoms. The molecular weight excluding hydrogens is 450 g/mol. The molecule has 1 saturated carbocycles. The first kappa shape index (κ1) is 24.2. The van der Waals surface area contributed by atoms with Crippen molar-refractivity contribution in [3.05, 3.63) is 58.3 Å². The molecule has 2 aromatic carbocycles. The van der Waals surface area contributed by atoms with E-state index in [0.717, 1.165) is 34.7 Å². The van der Waals surface area contributed by atoms with E-state index < -0.39 is 15.9 Å². The number of furan rings is 1. The number of carbonyl (C=O) groups is 2. The molecule has 1 aromatic heterocycles. The molecule has 7 heteroatoms. The van der Waals surface area contributed by atoms with Crippen LogP contribution in [0.3, 0.4) is 0 Å². The maximum atomic E-state index is 14.1.